The van der Waals surface area contributed by atoms with Gasteiger partial charge in [0.1, 0.15) is 5.15 Å². The number of aromatic amines is 1. The Kier molecular flexibility index (Phi) is 1.41. The zero-order valence-corrected chi connectivity index (χ0v) is 7.80. The highest BCUT2D eigenvalue weighted by Crippen LogP contribution is 2.44. The Morgan fingerprint density at radius 3 is 3.00 bits per heavy atom. The molecule has 1 aromatic carbocycles. The van der Waals surface area contributed by atoms with Gasteiger partial charge in [-0.05, 0) is 30.4 Å². The van der Waals surface area contributed by atoms with Crippen molar-refractivity contribution in [2.45, 2.75) is 18.8 Å². The van der Waals surface area contributed by atoms with E-state index in [0.717, 1.165) is 16.8 Å². The first kappa shape index (κ1) is 7.39. The van der Waals surface area contributed by atoms with E-state index >= 15 is 0 Å². The molecule has 2 aromatic rings. The van der Waals surface area contributed by atoms with E-state index in [1.165, 1.54) is 18.4 Å². The van der Waals surface area contributed by atoms with Crippen LogP contribution in [0.1, 0.15) is 24.3 Å². The summed E-state index contributed by atoms with van der Waals surface area (Å²) in [6.45, 7) is 0. The molecule has 1 aromatic heterocycles. The second-order valence-corrected chi connectivity index (χ2v) is 3.93. The van der Waals surface area contributed by atoms with E-state index in [-0.39, 0.29) is 0 Å². The Labute approximate surface area is 80.9 Å². The van der Waals surface area contributed by atoms with E-state index in [2.05, 4.69) is 16.3 Å². The lowest BCUT2D eigenvalue weighted by Crippen LogP contribution is -1.80. The van der Waals surface area contributed by atoms with Gasteiger partial charge >= 0.3 is 0 Å². The minimum Gasteiger partial charge on any atom is -0.266 e. The highest BCUT2D eigenvalue weighted by Gasteiger charge is 2.26. The molecule has 1 saturated carbocycles. The van der Waals surface area contributed by atoms with Crippen LogP contribution in [-0.4, -0.2) is 10.2 Å². The summed E-state index contributed by atoms with van der Waals surface area (Å²) < 4.78 is 0. The van der Waals surface area contributed by atoms with Crippen molar-refractivity contribution >= 4 is 22.5 Å². The van der Waals surface area contributed by atoms with Crippen LogP contribution in [0.4, 0.5) is 0 Å². The van der Waals surface area contributed by atoms with Crippen LogP contribution in [0.5, 0.6) is 0 Å². The number of fused-ring (bicyclic) bond motifs is 1. The van der Waals surface area contributed by atoms with Crippen molar-refractivity contribution in [3.8, 4) is 0 Å². The number of hydrogen-bond donors (Lipinski definition) is 1. The summed E-state index contributed by atoms with van der Waals surface area (Å²) in [4.78, 5) is 0. The number of nitrogens with zero attached hydrogens (tertiary/aromatic N) is 1. The molecule has 0 aliphatic heterocycles. The highest BCUT2D eigenvalue weighted by molar-refractivity contribution is 6.34. The van der Waals surface area contributed by atoms with Crippen LogP contribution in [0, 0.1) is 0 Å². The van der Waals surface area contributed by atoms with Crippen LogP contribution in [-0.2, 0) is 0 Å². The Morgan fingerprint density at radius 2 is 2.23 bits per heavy atom. The number of halogens is 1. The summed E-state index contributed by atoms with van der Waals surface area (Å²) in [7, 11) is 0. The first-order valence-electron chi connectivity index (χ1n) is 4.49. The molecule has 3 rings (SSSR count). The quantitative estimate of drug-likeness (QED) is 0.739. The molecule has 0 spiro atoms. The van der Waals surface area contributed by atoms with E-state index in [0.29, 0.717) is 5.15 Å². The van der Waals surface area contributed by atoms with Crippen LogP contribution in [0.25, 0.3) is 10.9 Å². The highest BCUT2D eigenvalue weighted by atomic mass is 35.5. The second kappa shape index (κ2) is 2.48. The van der Waals surface area contributed by atoms with E-state index in [1.807, 2.05) is 12.1 Å². The zero-order valence-electron chi connectivity index (χ0n) is 7.05. The lowest BCUT2D eigenvalue weighted by atomic mass is 10.1. The van der Waals surface area contributed by atoms with Gasteiger partial charge in [-0.1, -0.05) is 23.7 Å². The summed E-state index contributed by atoms with van der Waals surface area (Å²) in [6.07, 6.45) is 2.58. The summed E-state index contributed by atoms with van der Waals surface area (Å²) >= 11 is 6.03. The monoisotopic (exact) mass is 192 g/mol. The van der Waals surface area contributed by atoms with Gasteiger partial charge < -0.3 is 0 Å². The first-order chi connectivity index (χ1) is 6.36. The van der Waals surface area contributed by atoms with E-state index in [9.17, 15) is 0 Å². The third-order valence-electron chi connectivity index (χ3n) is 2.59. The van der Waals surface area contributed by atoms with Gasteiger partial charge in [0.15, 0.2) is 0 Å². The standard InChI is InChI=1S/C10H9ClN2/c11-10-9-7(6-4-5-6)2-1-3-8(9)12-13-10/h1-3,6H,4-5H2,(H,12,13). The fourth-order valence-electron chi connectivity index (χ4n) is 1.79. The van der Waals surface area contributed by atoms with Gasteiger partial charge in [-0.2, -0.15) is 5.10 Å². The van der Waals surface area contributed by atoms with Crippen molar-refractivity contribution in [1.29, 1.82) is 0 Å². The molecule has 1 heterocycles. The van der Waals surface area contributed by atoms with Gasteiger partial charge in [0.25, 0.3) is 0 Å². The average Bonchev–Trinajstić information content (AvgIpc) is 2.92. The molecule has 2 nitrogen and oxygen atoms in total. The fourth-order valence-corrected chi connectivity index (χ4v) is 2.04. The van der Waals surface area contributed by atoms with Crippen molar-refractivity contribution in [2.24, 2.45) is 0 Å². The topological polar surface area (TPSA) is 28.7 Å². The molecule has 3 heteroatoms. The molecule has 0 bridgehead atoms. The number of hydrogen-bond acceptors (Lipinski definition) is 1. The average molecular weight is 193 g/mol. The van der Waals surface area contributed by atoms with Gasteiger partial charge in [0.05, 0.1) is 5.52 Å². The number of rotatable bonds is 1. The van der Waals surface area contributed by atoms with Crippen LogP contribution in [0.2, 0.25) is 5.15 Å². The molecule has 0 amide bonds. The van der Waals surface area contributed by atoms with Gasteiger partial charge in [-0.3, -0.25) is 5.10 Å². The van der Waals surface area contributed by atoms with E-state index in [1.54, 1.807) is 0 Å². The molecule has 0 atom stereocenters. The number of H-pyrrole nitrogens is 1. The van der Waals surface area contributed by atoms with Crippen molar-refractivity contribution in [3.05, 3.63) is 28.9 Å². The SMILES string of the molecule is Clc1[nH]nc2cccc(C3CC3)c12. The van der Waals surface area contributed by atoms with Gasteiger partial charge in [-0.15, -0.1) is 0 Å². The van der Waals surface area contributed by atoms with E-state index in [4.69, 9.17) is 11.6 Å². The molecular formula is C10H9ClN2. The summed E-state index contributed by atoms with van der Waals surface area (Å²) in [6, 6.07) is 6.19. The molecule has 66 valence electrons. The smallest absolute Gasteiger partial charge is 0.132 e. The maximum absolute atomic E-state index is 6.03. The summed E-state index contributed by atoms with van der Waals surface area (Å²) in [5, 5.41) is 8.74. The zero-order chi connectivity index (χ0) is 8.84. The minimum atomic E-state index is 0.678. The molecule has 0 unspecified atom stereocenters. The Bertz CT molecular complexity index is 457. The molecule has 0 radical (unpaired) electrons. The first-order valence-corrected chi connectivity index (χ1v) is 4.86. The minimum absolute atomic E-state index is 0.678. The molecule has 1 fully saturated rings. The van der Waals surface area contributed by atoms with Crippen molar-refractivity contribution in [1.82, 2.24) is 10.2 Å². The van der Waals surface area contributed by atoms with Crippen LogP contribution < -0.4 is 0 Å². The van der Waals surface area contributed by atoms with Gasteiger partial charge in [0.2, 0.25) is 0 Å². The number of benzene rings is 1. The molecular weight excluding hydrogens is 184 g/mol. The van der Waals surface area contributed by atoms with Crippen molar-refractivity contribution < 1.29 is 0 Å². The second-order valence-electron chi connectivity index (χ2n) is 3.55. The van der Waals surface area contributed by atoms with Gasteiger partial charge in [-0.25, -0.2) is 0 Å². The Balaban J connectivity index is 2.36. The largest absolute Gasteiger partial charge is 0.266 e. The lowest BCUT2D eigenvalue weighted by Gasteiger charge is -1.98. The molecule has 1 aliphatic carbocycles. The maximum Gasteiger partial charge on any atom is 0.132 e. The normalized spacial score (nSPS) is 16.7. The fraction of sp³-hybridized carbons (Fsp3) is 0.300. The maximum atomic E-state index is 6.03. The molecule has 1 N–H and O–H groups in total. The third kappa shape index (κ3) is 1.05. The van der Waals surface area contributed by atoms with Crippen molar-refractivity contribution in [3.63, 3.8) is 0 Å². The predicted molar refractivity (Wildman–Crippen MR) is 53.1 cm³/mol. The third-order valence-corrected chi connectivity index (χ3v) is 2.86. The van der Waals surface area contributed by atoms with Crippen molar-refractivity contribution in [2.75, 3.05) is 0 Å². The summed E-state index contributed by atoms with van der Waals surface area (Å²) in [5.41, 5.74) is 2.34. The molecule has 1 aliphatic rings. The molecule has 0 saturated heterocycles. The van der Waals surface area contributed by atoms with Gasteiger partial charge in [0, 0.05) is 5.39 Å². The predicted octanol–water partition coefficient (Wildman–Crippen LogP) is 3.09. The van der Waals surface area contributed by atoms with Crippen LogP contribution >= 0.6 is 11.6 Å². The number of aromatic nitrogens is 2. The van der Waals surface area contributed by atoms with E-state index < -0.39 is 0 Å². The van der Waals surface area contributed by atoms with Crippen LogP contribution in [0.15, 0.2) is 18.2 Å². The Hall–Kier alpha value is -1.02. The Morgan fingerprint density at radius 1 is 1.38 bits per heavy atom. The summed E-state index contributed by atoms with van der Waals surface area (Å²) in [5.74, 6) is 0.721. The number of nitrogens with one attached hydrogen (secondary N) is 1. The lowest BCUT2D eigenvalue weighted by molar-refractivity contribution is 1.12. The molecule has 13 heavy (non-hydrogen) atoms. The van der Waals surface area contributed by atoms with Crippen LogP contribution in [0.3, 0.4) is 0 Å².